The molecule has 2 amide bonds. The third-order valence-corrected chi connectivity index (χ3v) is 4.96. The largest absolute Gasteiger partial charge is 0.497 e. The Hall–Kier alpha value is -2.12. The lowest BCUT2D eigenvalue weighted by atomic mass is 10.1. The monoisotopic (exact) mass is 361 g/mol. The van der Waals surface area contributed by atoms with E-state index in [-0.39, 0.29) is 11.8 Å². The topological polar surface area (TPSA) is 62.3 Å². The molecule has 1 aromatic carbocycles. The summed E-state index contributed by atoms with van der Waals surface area (Å²) in [5, 5.41) is 0. The maximum atomic E-state index is 12.5. The Morgan fingerprint density at radius 2 is 1.50 bits per heavy atom. The van der Waals surface area contributed by atoms with Crippen molar-refractivity contribution >= 4 is 11.8 Å². The van der Waals surface area contributed by atoms with Gasteiger partial charge in [0.1, 0.15) is 5.75 Å². The van der Waals surface area contributed by atoms with Crippen molar-refractivity contribution < 1.29 is 19.1 Å². The number of morpholine rings is 1. The molecule has 142 valence electrons. The van der Waals surface area contributed by atoms with E-state index in [1.54, 1.807) is 7.11 Å². The molecule has 0 unspecified atom stereocenters. The summed E-state index contributed by atoms with van der Waals surface area (Å²) in [7, 11) is 1.62. The molecule has 2 heterocycles. The van der Waals surface area contributed by atoms with Gasteiger partial charge in [0.05, 0.1) is 33.3 Å². The van der Waals surface area contributed by atoms with E-state index in [0.29, 0.717) is 52.4 Å². The Morgan fingerprint density at radius 3 is 2.08 bits per heavy atom. The van der Waals surface area contributed by atoms with E-state index in [4.69, 9.17) is 9.47 Å². The Bertz CT molecular complexity index is 606. The van der Waals surface area contributed by atoms with Crippen molar-refractivity contribution in [1.29, 1.82) is 0 Å². The van der Waals surface area contributed by atoms with Gasteiger partial charge in [-0.3, -0.25) is 14.5 Å². The summed E-state index contributed by atoms with van der Waals surface area (Å²) in [4.78, 5) is 30.8. The van der Waals surface area contributed by atoms with Crippen LogP contribution in [-0.2, 0) is 20.7 Å². The quantitative estimate of drug-likeness (QED) is 0.752. The minimum Gasteiger partial charge on any atom is -0.497 e. The molecule has 0 aliphatic carbocycles. The Labute approximate surface area is 154 Å². The number of benzene rings is 1. The van der Waals surface area contributed by atoms with Crippen molar-refractivity contribution in [3.05, 3.63) is 29.8 Å². The van der Waals surface area contributed by atoms with Crippen molar-refractivity contribution in [3.8, 4) is 5.75 Å². The second-order valence-electron chi connectivity index (χ2n) is 6.67. The van der Waals surface area contributed by atoms with Gasteiger partial charge in [-0.15, -0.1) is 0 Å². The zero-order chi connectivity index (χ0) is 18.4. The van der Waals surface area contributed by atoms with Crippen molar-refractivity contribution in [2.24, 2.45) is 0 Å². The highest BCUT2D eigenvalue weighted by Gasteiger charge is 2.25. The molecule has 0 spiro atoms. The van der Waals surface area contributed by atoms with Gasteiger partial charge in [0.15, 0.2) is 0 Å². The lowest BCUT2D eigenvalue weighted by Gasteiger charge is -2.36. The number of piperazine rings is 1. The molecule has 0 saturated carbocycles. The van der Waals surface area contributed by atoms with Crippen molar-refractivity contribution in [2.45, 2.75) is 6.42 Å². The van der Waals surface area contributed by atoms with E-state index in [2.05, 4.69) is 4.90 Å². The van der Waals surface area contributed by atoms with E-state index < -0.39 is 0 Å². The predicted molar refractivity (Wildman–Crippen MR) is 97.1 cm³/mol. The number of carbonyl (C=O) groups is 2. The number of rotatable bonds is 5. The highest BCUT2D eigenvalue weighted by atomic mass is 16.5. The number of nitrogens with zero attached hydrogens (tertiary/aromatic N) is 3. The molecule has 2 aliphatic heterocycles. The summed E-state index contributed by atoms with van der Waals surface area (Å²) >= 11 is 0. The fourth-order valence-corrected chi connectivity index (χ4v) is 3.29. The van der Waals surface area contributed by atoms with Gasteiger partial charge in [0.2, 0.25) is 11.8 Å². The first kappa shape index (κ1) is 18.7. The Morgan fingerprint density at radius 1 is 0.923 bits per heavy atom. The summed E-state index contributed by atoms with van der Waals surface area (Å²) in [6.07, 6.45) is 0.381. The predicted octanol–water partition coefficient (Wildman–Crippen LogP) is 0.241. The van der Waals surface area contributed by atoms with Crippen LogP contribution in [0, 0.1) is 0 Å². The summed E-state index contributed by atoms with van der Waals surface area (Å²) in [6, 6.07) is 7.56. The Balaban J connectivity index is 1.43. The average Bonchev–Trinajstić information content (AvgIpc) is 2.69. The number of hydrogen-bond acceptors (Lipinski definition) is 5. The summed E-state index contributed by atoms with van der Waals surface area (Å²) < 4.78 is 10.4. The lowest BCUT2D eigenvalue weighted by molar-refractivity contribution is -0.140. The van der Waals surface area contributed by atoms with Crippen LogP contribution < -0.4 is 4.74 Å². The van der Waals surface area contributed by atoms with Crippen LogP contribution in [0.3, 0.4) is 0 Å². The number of carbonyl (C=O) groups excluding carboxylic acids is 2. The molecule has 0 atom stereocenters. The third-order valence-electron chi connectivity index (χ3n) is 4.96. The van der Waals surface area contributed by atoms with Gasteiger partial charge in [-0.1, -0.05) is 12.1 Å². The summed E-state index contributed by atoms with van der Waals surface area (Å²) in [5.74, 6) is 1.04. The number of ether oxygens (including phenoxy) is 2. The van der Waals surface area contributed by atoms with E-state index in [9.17, 15) is 9.59 Å². The van der Waals surface area contributed by atoms with Crippen LogP contribution in [0.1, 0.15) is 5.56 Å². The summed E-state index contributed by atoms with van der Waals surface area (Å²) in [6.45, 7) is 5.88. The fraction of sp³-hybridized carbons (Fsp3) is 0.579. The van der Waals surface area contributed by atoms with E-state index in [0.717, 1.165) is 24.4 Å². The molecular weight excluding hydrogens is 334 g/mol. The molecule has 2 fully saturated rings. The highest BCUT2D eigenvalue weighted by molar-refractivity contribution is 5.80. The van der Waals surface area contributed by atoms with Gasteiger partial charge < -0.3 is 19.3 Å². The molecule has 0 N–H and O–H groups in total. The van der Waals surface area contributed by atoms with Crippen LogP contribution >= 0.6 is 0 Å². The second-order valence-corrected chi connectivity index (χ2v) is 6.67. The first-order valence-electron chi connectivity index (χ1n) is 9.14. The van der Waals surface area contributed by atoms with E-state index in [1.807, 2.05) is 34.1 Å². The average molecular weight is 361 g/mol. The number of methoxy groups -OCH3 is 1. The maximum Gasteiger partial charge on any atom is 0.236 e. The molecule has 0 radical (unpaired) electrons. The lowest BCUT2D eigenvalue weighted by Crippen LogP contribution is -2.53. The molecule has 2 saturated heterocycles. The molecular formula is C19H27N3O4. The van der Waals surface area contributed by atoms with Crippen LogP contribution in [-0.4, -0.2) is 92.7 Å². The maximum absolute atomic E-state index is 12.5. The molecule has 7 nitrogen and oxygen atoms in total. The molecule has 7 heteroatoms. The van der Waals surface area contributed by atoms with Crippen molar-refractivity contribution in [2.75, 3.05) is 66.1 Å². The van der Waals surface area contributed by atoms with Crippen LogP contribution in [0.5, 0.6) is 5.75 Å². The second kappa shape index (κ2) is 9.00. The van der Waals surface area contributed by atoms with Crippen LogP contribution in [0.15, 0.2) is 24.3 Å². The van der Waals surface area contributed by atoms with E-state index in [1.165, 1.54) is 0 Å². The smallest absolute Gasteiger partial charge is 0.236 e. The van der Waals surface area contributed by atoms with Gasteiger partial charge in [0.25, 0.3) is 0 Å². The zero-order valence-electron chi connectivity index (χ0n) is 15.4. The van der Waals surface area contributed by atoms with E-state index >= 15 is 0 Å². The van der Waals surface area contributed by atoms with Crippen LogP contribution in [0.25, 0.3) is 0 Å². The summed E-state index contributed by atoms with van der Waals surface area (Å²) in [5.41, 5.74) is 0.974. The van der Waals surface area contributed by atoms with Gasteiger partial charge >= 0.3 is 0 Å². The highest BCUT2D eigenvalue weighted by Crippen LogP contribution is 2.13. The van der Waals surface area contributed by atoms with Crippen LogP contribution in [0.4, 0.5) is 0 Å². The molecule has 2 aliphatic rings. The SMILES string of the molecule is COc1ccc(CC(=O)N2CCN(C(=O)CN3CCOCC3)CC2)cc1. The standard InChI is InChI=1S/C19H27N3O4/c1-25-17-4-2-16(3-5-17)14-18(23)21-6-8-22(9-7-21)19(24)15-20-10-12-26-13-11-20/h2-5H,6-15H2,1H3. The van der Waals surface area contributed by atoms with Crippen LogP contribution in [0.2, 0.25) is 0 Å². The molecule has 3 rings (SSSR count). The van der Waals surface area contributed by atoms with Gasteiger partial charge in [-0.2, -0.15) is 0 Å². The number of hydrogen-bond donors (Lipinski definition) is 0. The fourth-order valence-electron chi connectivity index (χ4n) is 3.29. The molecule has 0 aromatic heterocycles. The van der Waals surface area contributed by atoms with Crippen molar-refractivity contribution in [3.63, 3.8) is 0 Å². The Kier molecular flexibility index (Phi) is 6.46. The van der Waals surface area contributed by atoms with Gasteiger partial charge in [0, 0.05) is 39.3 Å². The minimum absolute atomic E-state index is 0.107. The molecule has 26 heavy (non-hydrogen) atoms. The minimum atomic E-state index is 0.107. The molecule has 1 aromatic rings. The number of amides is 2. The first-order valence-corrected chi connectivity index (χ1v) is 9.14. The normalized spacial score (nSPS) is 18.7. The van der Waals surface area contributed by atoms with Crippen molar-refractivity contribution in [1.82, 2.24) is 14.7 Å². The zero-order valence-corrected chi connectivity index (χ0v) is 15.4. The third kappa shape index (κ3) is 4.95. The van der Waals surface area contributed by atoms with Gasteiger partial charge in [-0.05, 0) is 17.7 Å². The first-order chi connectivity index (χ1) is 12.7. The molecule has 0 bridgehead atoms. The van der Waals surface area contributed by atoms with Gasteiger partial charge in [-0.25, -0.2) is 0 Å².